The number of rotatable bonds is 4. The minimum absolute atomic E-state index is 0.604. The first-order valence-corrected chi connectivity index (χ1v) is 4.49. The third-order valence-electron chi connectivity index (χ3n) is 1.84. The molecule has 0 fully saturated rings. The molecule has 2 N–H and O–H groups in total. The second kappa shape index (κ2) is 4.26. The van der Waals surface area contributed by atoms with Gasteiger partial charge < -0.3 is 10.2 Å². The van der Waals surface area contributed by atoms with E-state index in [0.717, 1.165) is 36.6 Å². The third-order valence-corrected chi connectivity index (χ3v) is 1.84. The van der Waals surface area contributed by atoms with Gasteiger partial charge in [0.15, 0.2) is 5.89 Å². The summed E-state index contributed by atoms with van der Waals surface area (Å²) in [4.78, 5) is 4.34. The fourth-order valence-corrected chi connectivity index (χ4v) is 1.22. The summed E-state index contributed by atoms with van der Waals surface area (Å²) in [5, 5.41) is 0. The van der Waals surface area contributed by atoms with Crippen LogP contribution in [0.25, 0.3) is 0 Å². The summed E-state index contributed by atoms with van der Waals surface area (Å²) in [6, 6.07) is 0. The van der Waals surface area contributed by atoms with E-state index in [1.165, 1.54) is 0 Å². The van der Waals surface area contributed by atoms with Crippen molar-refractivity contribution in [3.63, 3.8) is 0 Å². The van der Waals surface area contributed by atoms with Gasteiger partial charge in [-0.15, -0.1) is 0 Å². The van der Waals surface area contributed by atoms with Gasteiger partial charge in [-0.25, -0.2) is 4.98 Å². The van der Waals surface area contributed by atoms with Crippen molar-refractivity contribution >= 4 is 0 Å². The van der Waals surface area contributed by atoms with Gasteiger partial charge in [0, 0.05) is 19.4 Å². The summed E-state index contributed by atoms with van der Waals surface area (Å²) < 4.78 is 5.50. The number of hydrogen-bond donors (Lipinski definition) is 1. The van der Waals surface area contributed by atoms with Gasteiger partial charge in [-0.2, -0.15) is 0 Å². The number of nitrogens with zero attached hydrogens (tertiary/aromatic N) is 1. The highest BCUT2D eigenvalue weighted by Crippen LogP contribution is 2.12. The molecule has 0 saturated heterocycles. The summed E-state index contributed by atoms with van der Waals surface area (Å²) in [5.74, 6) is 1.80. The molecule has 1 heterocycles. The first-order chi connectivity index (χ1) is 5.81. The predicted molar refractivity (Wildman–Crippen MR) is 48.0 cm³/mol. The quantitative estimate of drug-likeness (QED) is 0.737. The Kier molecular flexibility index (Phi) is 3.29. The number of aromatic nitrogens is 1. The largest absolute Gasteiger partial charge is 0.445 e. The molecular formula is C9H16N2O. The van der Waals surface area contributed by atoms with Crippen LogP contribution in [0, 0.1) is 0 Å². The molecule has 1 aromatic heterocycles. The summed E-state index contributed by atoms with van der Waals surface area (Å²) in [7, 11) is 0. The standard InChI is InChI=1S/C9H16N2O/c1-3-7-8(4-2)12-9(11-7)5-6-10/h3-6,10H2,1-2H3. The average molecular weight is 168 g/mol. The lowest BCUT2D eigenvalue weighted by atomic mass is 10.2. The Morgan fingerprint density at radius 2 is 2.08 bits per heavy atom. The van der Waals surface area contributed by atoms with Crippen molar-refractivity contribution in [3.8, 4) is 0 Å². The molecule has 3 heteroatoms. The zero-order chi connectivity index (χ0) is 8.97. The summed E-state index contributed by atoms with van der Waals surface area (Å²) in [6.07, 6.45) is 2.60. The number of hydrogen-bond acceptors (Lipinski definition) is 3. The molecule has 68 valence electrons. The van der Waals surface area contributed by atoms with Crippen molar-refractivity contribution in [1.29, 1.82) is 0 Å². The van der Waals surface area contributed by atoms with Gasteiger partial charge >= 0.3 is 0 Å². The highest BCUT2D eigenvalue weighted by atomic mass is 16.4. The van der Waals surface area contributed by atoms with Crippen LogP contribution in [0.2, 0.25) is 0 Å². The molecule has 0 spiro atoms. The van der Waals surface area contributed by atoms with Gasteiger partial charge in [0.1, 0.15) is 5.76 Å². The molecule has 0 unspecified atom stereocenters. The molecule has 0 radical (unpaired) electrons. The second-order valence-corrected chi connectivity index (χ2v) is 2.72. The van der Waals surface area contributed by atoms with Crippen LogP contribution in [-0.4, -0.2) is 11.5 Å². The molecule has 1 rings (SSSR count). The second-order valence-electron chi connectivity index (χ2n) is 2.72. The van der Waals surface area contributed by atoms with E-state index in [1.54, 1.807) is 0 Å². The zero-order valence-electron chi connectivity index (χ0n) is 7.76. The molecule has 0 aromatic carbocycles. The van der Waals surface area contributed by atoms with Crippen LogP contribution in [0.1, 0.15) is 31.2 Å². The van der Waals surface area contributed by atoms with Crippen molar-refractivity contribution in [3.05, 3.63) is 17.3 Å². The molecule has 3 nitrogen and oxygen atoms in total. The van der Waals surface area contributed by atoms with Crippen molar-refractivity contribution in [1.82, 2.24) is 4.98 Å². The smallest absolute Gasteiger partial charge is 0.195 e. The number of oxazole rings is 1. The molecule has 0 aliphatic rings. The lowest BCUT2D eigenvalue weighted by molar-refractivity contribution is 0.458. The molecule has 0 aliphatic heterocycles. The first kappa shape index (κ1) is 9.26. The van der Waals surface area contributed by atoms with Crippen LogP contribution in [0.5, 0.6) is 0 Å². The first-order valence-electron chi connectivity index (χ1n) is 4.49. The summed E-state index contributed by atoms with van der Waals surface area (Å²) in [6.45, 7) is 4.77. The maximum atomic E-state index is 5.50. The van der Waals surface area contributed by atoms with Crippen LogP contribution in [0.4, 0.5) is 0 Å². The average Bonchev–Trinajstić information content (AvgIpc) is 2.48. The lowest BCUT2D eigenvalue weighted by Crippen LogP contribution is -2.02. The van der Waals surface area contributed by atoms with Gasteiger partial charge in [-0.3, -0.25) is 0 Å². The highest BCUT2D eigenvalue weighted by Gasteiger charge is 2.08. The number of aryl methyl sites for hydroxylation is 2. The fourth-order valence-electron chi connectivity index (χ4n) is 1.22. The molecule has 0 atom stereocenters. The van der Waals surface area contributed by atoms with E-state index in [0.29, 0.717) is 6.54 Å². The molecule has 0 bridgehead atoms. The number of nitrogens with two attached hydrogens (primary N) is 1. The normalized spacial score (nSPS) is 10.6. The van der Waals surface area contributed by atoms with E-state index in [4.69, 9.17) is 10.2 Å². The molecule has 12 heavy (non-hydrogen) atoms. The van der Waals surface area contributed by atoms with Crippen molar-refractivity contribution < 1.29 is 4.42 Å². The van der Waals surface area contributed by atoms with E-state index in [2.05, 4.69) is 18.8 Å². The molecule has 0 saturated carbocycles. The predicted octanol–water partition coefficient (Wildman–Crippen LogP) is 1.30. The minimum Gasteiger partial charge on any atom is -0.445 e. The van der Waals surface area contributed by atoms with Crippen molar-refractivity contribution in [2.45, 2.75) is 33.1 Å². The van der Waals surface area contributed by atoms with Crippen LogP contribution in [-0.2, 0) is 19.3 Å². The van der Waals surface area contributed by atoms with Crippen molar-refractivity contribution in [2.24, 2.45) is 5.73 Å². The Morgan fingerprint density at radius 3 is 2.50 bits per heavy atom. The highest BCUT2D eigenvalue weighted by molar-refractivity contribution is 5.09. The Hall–Kier alpha value is -0.830. The molecule has 1 aromatic rings. The maximum Gasteiger partial charge on any atom is 0.195 e. The minimum atomic E-state index is 0.604. The lowest BCUT2D eigenvalue weighted by Gasteiger charge is -1.90. The van der Waals surface area contributed by atoms with Gasteiger partial charge in [0.2, 0.25) is 0 Å². The Bertz CT molecular complexity index is 221. The molecular weight excluding hydrogens is 152 g/mol. The molecule has 0 aliphatic carbocycles. The summed E-state index contributed by atoms with van der Waals surface area (Å²) in [5.41, 5.74) is 6.49. The fraction of sp³-hybridized carbons (Fsp3) is 0.667. The van der Waals surface area contributed by atoms with E-state index >= 15 is 0 Å². The molecule has 0 amide bonds. The van der Waals surface area contributed by atoms with E-state index in [-0.39, 0.29) is 0 Å². The van der Waals surface area contributed by atoms with Crippen LogP contribution >= 0.6 is 0 Å². The van der Waals surface area contributed by atoms with Crippen LogP contribution in [0.15, 0.2) is 4.42 Å². The monoisotopic (exact) mass is 168 g/mol. The van der Waals surface area contributed by atoms with Gasteiger partial charge in [-0.05, 0) is 6.42 Å². The zero-order valence-corrected chi connectivity index (χ0v) is 7.76. The SMILES string of the molecule is CCc1nc(CCN)oc1CC. The van der Waals surface area contributed by atoms with Crippen molar-refractivity contribution in [2.75, 3.05) is 6.54 Å². The third kappa shape index (κ3) is 1.85. The van der Waals surface area contributed by atoms with Crippen LogP contribution < -0.4 is 5.73 Å². The van der Waals surface area contributed by atoms with E-state index in [1.807, 2.05) is 0 Å². The van der Waals surface area contributed by atoms with Crippen LogP contribution in [0.3, 0.4) is 0 Å². The van der Waals surface area contributed by atoms with Gasteiger partial charge in [0.25, 0.3) is 0 Å². The Labute approximate surface area is 73.0 Å². The van der Waals surface area contributed by atoms with E-state index < -0.39 is 0 Å². The van der Waals surface area contributed by atoms with Gasteiger partial charge in [0.05, 0.1) is 5.69 Å². The van der Waals surface area contributed by atoms with E-state index in [9.17, 15) is 0 Å². The Morgan fingerprint density at radius 1 is 1.33 bits per heavy atom. The Balaban J connectivity index is 2.81. The maximum absolute atomic E-state index is 5.50. The summed E-state index contributed by atoms with van der Waals surface area (Å²) >= 11 is 0. The topological polar surface area (TPSA) is 52.0 Å². The van der Waals surface area contributed by atoms with Gasteiger partial charge in [-0.1, -0.05) is 13.8 Å².